The lowest BCUT2D eigenvalue weighted by Crippen LogP contribution is -2.51. The number of aromatic nitrogens is 4. The van der Waals surface area contributed by atoms with E-state index >= 15 is 0 Å². The summed E-state index contributed by atoms with van der Waals surface area (Å²) in [6.07, 6.45) is 4.01. The Labute approximate surface area is 211 Å². The van der Waals surface area contributed by atoms with Crippen LogP contribution in [0.25, 0.3) is 11.0 Å². The Kier molecular flexibility index (Phi) is 7.15. The van der Waals surface area contributed by atoms with E-state index in [4.69, 9.17) is 0 Å². The van der Waals surface area contributed by atoms with Crippen LogP contribution in [0.3, 0.4) is 0 Å². The highest BCUT2D eigenvalue weighted by atomic mass is 16.2. The van der Waals surface area contributed by atoms with E-state index in [2.05, 4.69) is 20.6 Å². The van der Waals surface area contributed by atoms with Gasteiger partial charge in [0, 0.05) is 23.6 Å². The lowest BCUT2D eigenvalue weighted by molar-refractivity contribution is -0.128. The number of anilines is 1. The van der Waals surface area contributed by atoms with Gasteiger partial charge in [-0.15, -0.1) is 5.10 Å². The molecule has 186 valence electrons. The first kappa shape index (κ1) is 25.0. The van der Waals surface area contributed by atoms with Crippen LogP contribution in [0.15, 0.2) is 67.0 Å². The van der Waals surface area contributed by atoms with Gasteiger partial charge in [-0.1, -0.05) is 36.4 Å². The topological polar surface area (TPSA) is 93.0 Å². The Morgan fingerprint density at radius 1 is 1.06 bits per heavy atom. The molecule has 2 aromatic heterocycles. The third-order valence-electron chi connectivity index (χ3n) is 6.47. The number of carbonyl (C=O) groups excluding carboxylic acids is 2. The molecular formula is C28H32N6O2. The van der Waals surface area contributed by atoms with Gasteiger partial charge in [0.2, 0.25) is 11.8 Å². The van der Waals surface area contributed by atoms with Gasteiger partial charge in [0.1, 0.15) is 18.1 Å². The van der Waals surface area contributed by atoms with Crippen molar-refractivity contribution >= 4 is 28.5 Å². The number of para-hydroxylation sites is 1. The molecule has 0 aliphatic rings. The Hall–Kier alpha value is -4.07. The molecule has 1 unspecified atom stereocenters. The molecule has 2 heterocycles. The minimum atomic E-state index is -0.901. The SMILES string of the molecule is CCC(C)(C)NC(=O)C(c1ccncc1)N(C(=O)Cn1nnc2ccccc21)c1cc(C)ccc1C. The fraction of sp³-hybridized carbons (Fsp3) is 0.321. The van der Waals surface area contributed by atoms with Gasteiger partial charge in [-0.05, 0) is 81.1 Å². The summed E-state index contributed by atoms with van der Waals surface area (Å²) in [6.45, 7) is 9.81. The Bertz CT molecular complexity index is 1380. The highest BCUT2D eigenvalue weighted by Crippen LogP contribution is 2.32. The lowest BCUT2D eigenvalue weighted by atomic mass is 9.98. The second kappa shape index (κ2) is 10.3. The molecule has 0 fully saturated rings. The molecule has 8 nitrogen and oxygen atoms in total. The third kappa shape index (κ3) is 5.27. The first-order valence-corrected chi connectivity index (χ1v) is 12.1. The van der Waals surface area contributed by atoms with Gasteiger partial charge in [-0.2, -0.15) is 0 Å². The minimum Gasteiger partial charge on any atom is -0.349 e. The molecule has 0 bridgehead atoms. The summed E-state index contributed by atoms with van der Waals surface area (Å²) < 4.78 is 1.58. The van der Waals surface area contributed by atoms with Crippen LogP contribution in [0.4, 0.5) is 5.69 Å². The molecule has 0 radical (unpaired) electrons. The van der Waals surface area contributed by atoms with Gasteiger partial charge in [0.25, 0.3) is 0 Å². The zero-order chi connectivity index (χ0) is 25.9. The van der Waals surface area contributed by atoms with Crippen molar-refractivity contribution in [3.8, 4) is 0 Å². The van der Waals surface area contributed by atoms with Crippen LogP contribution in [0.2, 0.25) is 0 Å². The molecule has 1 N–H and O–H groups in total. The van der Waals surface area contributed by atoms with Crippen LogP contribution in [0.1, 0.15) is 49.9 Å². The molecule has 0 saturated carbocycles. The fourth-order valence-electron chi connectivity index (χ4n) is 4.09. The summed E-state index contributed by atoms with van der Waals surface area (Å²) in [5.74, 6) is -0.531. The third-order valence-corrected chi connectivity index (χ3v) is 6.47. The van der Waals surface area contributed by atoms with Gasteiger partial charge >= 0.3 is 0 Å². The number of rotatable bonds is 8. The number of pyridine rings is 1. The Balaban J connectivity index is 1.85. The monoisotopic (exact) mass is 484 g/mol. The van der Waals surface area contributed by atoms with Crippen molar-refractivity contribution in [3.05, 3.63) is 83.7 Å². The summed E-state index contributed by atoms with van der Waals surface area (Å²) in [5, 5.41) is 11.5. The zero-order valence-electron chi connectivity index (χ0n) is 21.4. The van der Waals surface area contributed by atoms with Crippen molar-refractivity contribution in [1.82, 2.24) is 25.3 Å². The predicted molar refractivity (Wildman–Crippen MR) is 140 cm³/mol. The number of aryl methyl sites for hydroxylation is 2. The number of fused-ring (bicyclic) bond motifs is 1. The van der Waals surface area contributed by atoms with Gasteiger partial charge < -0.3 is 5.32 Å². The largest absolute Gasteiger partial charge is 0.349 e. The maximum Gasteiger partial charge on any atom is 0.249 e. The van der Waals surface area contributed by atoms with Crippen LogP contribution in [-0.2, 0) is 16.1 Å². The number of hydrogen-bond donors (Lipinski definition) is 1. The summed E-state index contributed by atoms with van der Waals surface area (Å²) >= 11 is 0. The summed E-state index contributed by atoms with van der Waals surface area (Å²) in [5.41, 5.74) is 4.24. The van der Waals surface area contributed by atoms with Gasteiger partial charge in [0.15, 0.2) is 0 Å². The molecule has 0 spiro atoms. The normalized spacial score (nSPS) is 12.4. The van der Waals surface area contributed by atoms with E-state index in [1.807, 2.05) is 77.1 Å². The molecule has 2 amide bonds. The van der Waals surface area contributed by atoms with E-state index in [-0.39, 0.29) is 18.4 Å². The average molecular weight is 485 g/mol. The molecule has 2 aromatic carbocycles. The van der Waals surface area contributed by atoms with Crippen molar-refractivity contribution in [1.29, 1.82) is 0 Å². The second-order valence-corrected chi connectivity index (χ2v) is 9.70. The first-order valence-electron chi connectivity index (χ1n) is 12.1. The van der Waals surface area contributed by atoms with Crippen molar-refractivity contribution in [2.75, 3.05) is 4.90 Å². The highest BCUT2D eigenvalue weighted by molar-refractivity contribution is 6.02. The van der Waals surface area contributed by atoms with Crippen LogP contribution >= 0.6 is 0 Å². The molecule has 0 aliphatic heterocycles. The Morgan fingerprint density at radius 3 is 2.50 bits per heavy atom. The summed E-state index contributed by atoms with van der Waals surface area (Å²) in [6, 6.07) is 16.1. The number of nitrogens with one attached hydrogen (secondary N) is 1. The number of benzene rings is 2. The van der Waals surface area contributed by atoms with E-state index < -0.39 is 11.6 Å². The molecule has 36 heavy (non-hydrogen) atoms. The van der Waals surface area contributed by atoms with Gasteiger partial charge in [-0.25, -0.2) is 4.68 Å². The molecule has 4 aromatic rings. The van der Waals surface area contributed by atoms with Crippen molar-refractivity contribution in [3.63, 3.8) is 0 Å². The van der Waals surface area contributed by atoms with E-state index in [9.17, 15) is 9.59 Å². The van der Waals surface area contributed by atoms with Crippen molar-refractivity contribution < 1.29 is 9.59 Å². The number of carbonyl (C=O) groups is 2. The standard InChI is InChI=1S/C28H32N6O2/c1-6-28(4,5)30-27(36)26(21-13-15-29-16-14-21)34(24-17-19(2)11-12-20(24)3)25(35)18-33-23-10-8-7-9-22(23)31-32-33/h7-17,26H,6,18H2,1-5H3,(H,30,36). The highest BCUT2D eigenvalue weighted by Gasteiger charge is 2.36. The first-order chi connectivity index (χ1) is 17.2. The minimum absolute atomic E-state index is 0.0695. The zero-order valence-corrected chi connectivity index (χ0v) is 21.4. The van der Waals surface area contributed by atoms with E-state index in [1.165, 1.54) is 0 Å². The lowest BCUT2D eigenvalue weighted by Gasteiger charge is -2.35. The average Bonchev–Trinajstić information content (AvgIpc) is 3.27. The van der Waals surface area contributed by atoms with Crippen molar-refractivity contribution in [2.24, 2.45) is 0 Å². The Morgan fingerprint density at radius 2 is 1.78 bits per heavy atom. The van der Waals surface area contributed by atoms with Crippen molar-refractivity contribution in [2.45, 2.75) is 59.2 Å². The molecule has 0 saturated heterocycles. The predicted octanol–water partition coefficient (Wildman–Crippen LogP) is 4.52. The number of amides is 2. The maximum absolute atomic E-state index is 14.1. The van der Waals surface area contributed by atoms with E-state index in [0.717, 1.165) is 23.1 Å². The van der Waals surface area contributed by atoms with Gasteiger partial charge in [0.05, 0.1) is 5.52 Å². The van der Waals surface area contributed by atoms with Crippen LogP contribution in [-0.4, -0.2) is 37.3 Å². The van der Waals surface area contributed by atoms with Crippen LogP contribution in [0.5, 0.6) is 0 Å². The molecule has 0 aliphatic carbocycles. The summed E-state index contributed by atoms with van der Waals surface area (Å²) in [4.78, 5) is 33.7. The molecule has 1 atom stereocenters. The second-order valence-electron chi connectivity index (χ2n) is 9.70. The number of hydrogen-bond acceptors (Lipinski definition) is 5. The summed E-state index contributed by atoms with van der Waals surface area (Å²) in [7, 11) is 0. The molecule has 8 heteroatoms. The quantitative estimate of drug-likeness (QED) is 0.397. The smallest absolute Gasteiger partial charge is 0.249 e. The fourth-order valence-corrected chi connectivity index (χ4v) is 4.09. The van der Waals surface area contributed by atoms with E-state index in [1.54, 1.807) is 34.1 Å². The molecular weight excluding hydrogens is 452 g/mol. The maximum atomic E-state index is 14.1. The van der Waals surface area contributed by atoms with E-state index in [0.29, 0.717) is 16.8 Å². The van der Waals surface area contributed by atoms with Crippen LogP contribution in [0, 0.1) is 13.8 Å². The number of nitrogens with zero attached hydrogens (tertiary/aromatic N) is 5. The van der Waals surface area contributed by atoms with Crippen LogP contribution < -0.4 is 10.2 Å². The molecule has 4 rings (SSSR count). The van der Waals surface area contributed by atoms with Gasteiger partial charge in [-0.3, -0.25) is 19.5 Å².